The lowest BCUT2D eigenvalue weighted by molar-refractivity contribution is -0.427. The van der Waals surface area contributed by atoms with Crippen molar-refractivity contribution in [3.63, 3.8) is 0 Å². The van der Waals surface area contributed by atoms with Gasteiger partial charge in [-0.3, -0.25) is 4.48 Å². The molecule has 3 heterocycles. The molecule has 0 bridgehead atoms. The van der Waals surface area contributed by atoms with Crippen molar-refractivity contribution in [1.82, 2.24) is 9.55 Å². The van der Waals surface area contributed by atoms with Crippen molar-refractivity contribution in [3.8, 4) is 0 Å². The first-order valence-corrected chi connectivity index (χ1v) is 19.4. The SMILES string of the molecule is CN(COCc1ccccc1)OS(=O)c1ccccc1C1=C2C=CC(=[N+]3CCc4ccccc43)C=C2OC2C=C([N+]3(C)CCc4ccccc43)C=CC12. The number of quaternary nitrogens is 1. The fourth-order valence-corrected chi connectivity index (χ4v) is 9.31. The second-order valence-corrected chi connectivity index (χ2v) is 15.4. The first-order valence-electron chi connectivity index (χ1n) is 18.4. The molecule has 4 aromatic carbocycles. The fourth-order valence-electron chi connectivity index (χ4n) is 8.41. The minimum atomic E-state index is -1.80. The molecular weight excluding hydrogens is 679 g/mol. The van der Waals surface area contributed by atoms with Gasteiger partial charge >= 0.3 is 0 Å². The van der Waals surface area contributed by atoms with Crippen molar-refractivity contribution < 1.29 is 22.5 Å². The third kappa shape index (κ3) is 6.30. The van der Waals surface area contributed by atoms with Gasteiger partial charge in [-0.2, -0.15) is 13.9 Å². The largest absolute Gasteiger partial charge is 0.484 e. The molecule has 9 rings (SSSR count). The van der Waals surface area contributed by atoms with Crippen LogP contribution in [0.5, 0.6) is 0 Å². The van der Waals surface area contributed by atoms with Crippen LogP contribution in [-0.4, -0.2) is 59.6 Å². The average molecular weight is 722 g/mol. The Morgan fingerprint density at radius 3 is 2.55 bits per heavy atom. The van der Waals surface area contributed by atoms with E-state index in [1.807, 2.05) is 48.5 Å². The van der Waals surface area contributed by atoms with Crippen LogP contribution < -0.4 is 4.48 Å². The monoisotopic (exact) mass is 721 g/mol. The highest BCUT2D eigenvalue weighted by molar-refractivity contribution is 7.80. The molecule has 0 spiro atoms. The van der Waals surface area contributed by atoms with Crippen molar-refractivity contribution in [2.24, 2.45) is 5.92 Å². The topological polar surface area (TPSA) is 51.0 Å². The third-order valence-corrected chi connectivity index (χ3v) is 12.2. The molecule has 53 heavy (non-hydrogen) atoms. The lowest BCUT2D eigenvalue weighted by Crippen LogP contribution is -2.44. The van der Waals surface area contributed by atoms with Crippen molar-refractivity contribution in [3.05, 3.63) is 179 Å². The van der Waals surface area contributed by atoms with E-state index in [1.165, 1.54) is 33.3 Å². The standard InChI is InChI=1S/C45H43N3O4S/c1-46(31-50-30-32-12-4-3-5-13-32)52-53(49)44-19-11-8-16-39(44)45-37-22-20-35(47-26-24-33-14-6-9-17-40(33)47)28-42(37)51-43-29-36(21-23-38(43)45)48(2)27-25-34-15-7-10-18-41(34)48/h3-23,28-29,38,43H,24-27,30-31H2,1-2H3/q+2. The number of ether oxygens (including phenoxy) is 2. The average Bonchev–Trinajstić information content (AvgIpc) is 3.79. The smallest absolute Gasteiger partial charge is 0.209 e. The zero-order chi connectivity index (χ0) is 35.9. The molecule has 4 unspecified atom stereocenters. The van der Waals surface area contributed by atoms with E-state index in [0.717, 1.165) is 64.2 Å². The predicted octanol–water partition coefficient (Wildman–Crippen LogP) is 7.96. The summed E-state index contributed by atoms with van der Waals surface area (Å²) in [5, 5.41) is 1.50. The molecule has 0 saturated heterocycles. The highest BCUT2D eigenvalue weighted by Gasteiger charge is 2.43. The molecule has 0 saturated carbocycles. The molecule has 0 N–H and O–H groups in total. The van der Waals surface area contributed by atoms with E-state index in [4.69, 9.17) is 13.8 Å². The van der Waals surface area contributed by atoms with E-state index < -0.39 is 11.1 Å². The summed E-state index contributed by atoms with van der Waals surface area (Å²) < 4.78 is 36.0. The van der Waals surface area contributed by atoms with Gasteiger partial charge in [-0.05, 0) is 41.0 Å². The Balaban J connectivity index is 1.08. The second-order valence-electron chi connectivity index (χ2n) is 14.4. The van der Waals surface area contributed by atoms with Crippen LogP contribution in [0.15, 0.2) is 162 Å². The summed E-state index contributed by atoms with van der Waals surface area (Å²) in [7, 11) is 4.05. The second kappa shape index (κ2) is 14.1. The summed E-state index contributed by atoms with van der Waals surface area (Å²) in [6.07, 6.45) is 15.3. The first-order chi connectivity index (χ1) is 26.0. The van der Waals surface area contributed by atoms with E-state index in [0.29, 0.717) is 11.5 Å². The van der Waals surface area contributed by atoms with Crippen molar-refractivity contribution in [2.45, 2.75) is 30.4 Å². The van der Waals surface area contributed by atoms with Crippen LogP contribution >= 0.6 is 0 Å². The number of hydrogen-bond donors (Lipinski definition) is 0. The van der Waals surface area contributed by atoms with Gasteiger partial charge in [-0.15, -0.1) is 0 Å². The lowest BCUT2D eigenvalue weighted by Gasteiger charge is -2.39. The van der Waals surface area contributed by atoms with Gasteiger partial charge in [0.2, 0.25) is 22.5 Å². The maximum atomic E-state index is 14.1. The number of para-hydroxylation sites is 2. The summed E-state index contributed by atoms with van der Waals surface area (Å²) >= 11 is -1.80. The Morgan fingerprint density at radius 1 is 0.887 bits per heavy atom. The van der Waals surface area contributed by atoms with E-state index in [9.17, 15) is 4.21 Å². The number of likely N-dealkylation sites (N-methyl/N-ethyl adjacent to an activating group) is 1. The molecule has 4 aromatic rings. The highest BCUT2D eigenvalue weighted by Crippen LogP contribution is 2.47. The minimum Gasteiger partial charge on any atom is -0.484 e. The molecular formula is C45H43N3O4S+2. The molecule has 5 aliphatic rings. The van der Waals surface area contributed by atoms with Gasteiger partial charge < -0.3 is 9.47 Å². The molecule has 0 radical (unpaired) electrons. The van der Waals surface area contributed by atoms with Crippen LogP contribution in [-0.2, 0) is 44.3 Å². The lowest BCUT2D eigenvalue weighted by atomic mass is 9.78. The number of hydrogen-bond acceptors (Lipinski definition) is 5. The fraction of sp³-hybridized carbons (Fsp3) is 0.222. The Kier molecular flexibility index (Phi) is 9.02. The molecule has 4 atom stereocenters. The molecule has 8 heteroatoms. The van der Waals surface area contributed by atoms with Crippen LogP contribution in [0, 0.1) is 5.92 Å². The van der Waals surface area contributed by atoms with Gasteiger partial charge in [-0.25, -0.2) is 4.21 Å². The van der Waals surface area contributed by atoms with E-state index in [2.05, 4.69) is 103 Å². The van der Waals surface area contributed by atoms with Crippen LogP contribution in [0.25, 0.3) is 5.57 Å². The molecule has 7 nitrogen and oxygen atoms in total. The summed E-state index contributed by atoms with van der Waals surface area (Å²) in [5.41, 5.74) is 11.7. The normalized spacial score (nSPS) is 24.6. The number of hydroxylamine groups is 2. The summed E-state index contributed by atoms with van der Waals surface area (Å²) in [4.78, 5) is 0.609. The number of allylic oxidation sites excluding steroid dienone is 4. The number of rotatable bonds is 9. The molecule has 0 fully saturated rings. The van der Waals surface area contributed by atoms with Gasteiger partial charge in [0.15, 0.2) is 6.54 Å². The van der Waals surface area contributed by atoms with Gasteiger partial charge in [0.1, 0.15) is 30.0 Å². The van der Waals surface area contributed by atoms with Gasteiger partial charge in [0.05, 0.1) is 31.2 Å². The van der Waals surface area contributed by atoms with E-state index in [1.54, 1.807) is 7.05 Å². The Bertz CT molecular complexity index is 2300. The Morgan fingerprint density at radius 2 is 1.66 bits per heavy atom. The summed E-state index contributed by atoms with van der Waals surface area (Å²) in [6.45, 7) is 2.52. The van der Waals surface area contributed by atoms with Crippen LogP contribution in [0.1, 0.15) is 22.3 Å². The first kappa shape index (κ1) is 33.8. The van der Waals surface area contributed by atoms with Crippen molar-refractivity contribution in [2.75, 3.05) is 33.9 Å². The van der Waals surface area contributed by atoms with Crippen LogP contribution in [0.2, 0.25) is 0 Å². The molecule has 3 aliphatic heterocycles. The van der Waals surface area contributed by atoms with E-state index >= 15 is 0 Å². The number of benzene rings is 4. The highest BCUT2D eigenvalue weighted by atomic mass is 32.2. The quantitative estimate of drug-likeness (QED) is 0.0761. The van der Waals surface area contributed by atoms with E-state index in [-0.39, 0.29) is 18.8 Å². The minimum absolute atomic E-state index is 0.0980. The zero-order valence-electron chi connectivity index (χ0n) is 30.1. The van der Waals surface area contributed by atoms with Crippen LogP contribution in [0.4, 0.5) is 11.4 Å². The zero-order valence-corrected chi connectivity index (χ0v) is 30.9. The van der Waals surface area contributed by atoms with Crippen LogP contribution in [0.3, 0.4) is 0 Å². The number of fused-ring (bicyclic) bond motifs is 4. The number of nitrogens with zero attached hydrogens (tertiary/aromatic N) is 3. The molecule has 2 aliphatic carbocycles. The Labute approximate surface area is 314 Å². The third-order valence-electron chi connectivity index (χ3n) is 11.1. The Hall–Kier alpha value is -4.96. The maximum Gasteiger partial charge on any atom is 0.209 e. The summed E-state index contributed by atoms with van der Waals surface area (Å²) in [5.74, 6) is 0.727. The predicted molar refractivity (Wildman–Crippen MR) is 210 cm³/mol. The van der Waals surface area contributed by atoms with Crippen molar-refractivity contribution in [1.29, 1.82) is 0 Å². The van der Waals surface area contributed by atoms with Crippen molar-refractivity contribution >= 4 is 33.7 Å². The van der Waals surface area contributed by atoms with Gasteiger partial charge in [0, 0.05) is 60.7 Å². The van der Waals surface area contributed by atoms with Gasteiger partial charge in [-0.1, -0.05) is 91.0 Å². The molecule has 0 amide bonds. The maximum absolute atomic E-state index is 14.1. The summed E-state index contributed by atoms with van der Waals surface area (Å²) in [6, 6.07) is 35.3. The van der Waals surface area contributed by atoms with Gasteiger partial charge in [0.25, 0.3) is 0 Å². The molecule has 266 valence electrons. The molecule has 0 aromatic heterocycles.